The van der Waals surface area contributed by atoms with Crippen LogP contribution in [-0.4, -0.2) is 24.9 Å². The molecule has 0 bridgehead atoms. The predicted molar refractivity (Wildman–Crippen MR) is 106 cm³/mol. The van der Waals surface area contributed by atoms with E-state index >= 15 is 0 Å². The number of hydrogen-bond acceptors (Lipinski definition) is 5. The third kappa shape index (κ3) is 3.69. The van der Waals surface area contributed by atoms with Crippen molar-refractivity contribution in [1.29, 1.82) is 0 Å². The summed E-state index contributed by atoms with van der Waals surface area (Å²) in [6, 6.07) is 11.3. The molecular weight excluding hydrogens is 366 g/mol. The predicted octanol–water partition coefficient (Wildman–Crippen LogP) is 5.72. The van der Waals surface area contributed by atoms with Gasteiger partial charge in [-0.1, -0.05) is 35.9 Å². The number of aromatic nitrogens is 1. The molecule has 0 amide bonds. The molecule has 140 valence electrons. The van der Waals surface area contributed by atoms with Crippen LogP contribution in [0.4, 0.5) is 4.79 Å². The molecule has 3 rings (SSSR count). The Balaban J connectivity index is 2.34. The summed E-state index contributed by atoms with van der Waals surface area (Å²) in [5, 5.41) is 1.01. The van der Waals surface area contributed by atoms with E-state index < -0.39 is 6.16 Å². The largest absolute Gasteiger partial charge is 0.513 e. The van der Waals surface area contributed by atoms with Crippen LogP contribution in [0.5, 0.6) is 11.5 Å². The van der Waals surface area contributed by atoms with Crippen LogP contribution in [0.2, 0.25) is 5.02 Å². The molecule has 0 saturated carbocycles. The highest BCUT2D eigenvalue weighted by atomic mass is 35.5. The zero-order chi connectivity index (χ0) is 19.6. The molecular formula is C21H20ClNO4. The van der Waals surface area contributed by atoms with E-state index in [1.165, 1.54) is 7.11 Å². The Labute approximate surface area is 162 Å². The van der Waals surface area contributed by atoms with Gasteiger partial charge in [-0.3, -0.25) is 4.98 Å². The first kappa shape index (κ1) is 19.0. The maximum absolute atomic E-state index is 12.1. The number of carbonyl (C=O) groups is 1. The number of rotatable bonds is 4. The Hall–Kier alpha value is -2.79. The average molecular weight is 386 g/mol. The first-order valence-electron chi connectivity index (χ1n) is 8.54. The average Bonchev–Trinajstić information content (AvgIpc) is 2.63. The van der Waals surface area contributed by atoms with E-state index in [9.17, 15) is 4.79 Å². The molecule has 0 unspecified atom stereocenters. The second-order valence-electron chi connectivity index (χ2n) is 6.01. The second-order valence-corrected chi connectivity index (χ2v) is 6.41. The van der Waals surface area contributed by atoms with Crippen molar-refractivity contribution >= 4 is 28.7 Å². The summed E-state index contributed by atoms with van der Waals surface area (Å²) in [7, 11) is 1.54. The Morgan fingerprint density at radius 1 is 1.19 bits per heavy atom. The van der Waals surface area contributed by atoms with E-state index in [1.54, 1.807) is 19.1 Å². The van der Waals surface area contributed by atoms with Crippen molar-refractivity contribution in [3.05, 3.63) is 52.7 Å². The molecule has 6 heteroatoms. The molecule has 0 saturated heterocycles. The maximum atomic E-state index is 12.1. The topological polar surface area (TPSA) is 57.7 Å². The van der Waals surface area contributed by atoms with Gasteiger partial charge in [-0.15, -0.1) is 0 Å². The lowest BCUT2D eigenvalue weighted by atomic mass is 9.96. The smallest absolute Gasteiger partial charge is 0.495 e. The van der Waals surface area contributed by atoms with Crippen LogP contribution in [-0.2, 0) is 4.74 Å². The summed E-state index contributed by atoms with van der Waals surface area (Å²) in [4.78, 5) is 16.8. The van der Waals surface area contributed by atoms with Crippen LogP contribution in [0, 0.1) is 13.8 Å². The summed E-state index contributed by atoms with van der Waals surface area (Å²) >= 11 is 6.32. The standard InChI is InChI=1S/C21H20ClNO4/c1-5-26-21(24)27-20-15-10-16(22)18(25-4)11-17(15)23-13(3)19(20)14-9-7-6-8-12(14)2/h6-11H,5H2,1-4H3. The van der Waals surface area contributed by atoms with Crippen molar-refractivity contribution in [3.63, 3.8) is 0 Å². The van der Waals surface area contributed by atoms with E-state index in [0.717, 1.165) is 22.4 Å². The van der Waals surface area contributed by atoms with Crippen molar-refractivity contribution in [2.45, 2.75) is 20.8 Å². The number of fused-ring (bicyclic) bond motifs is 1. The van der Waals surface area contributed by atoms with Crippen molar-refractivity contribution in [3.8, 4) is 22.6 Å². The minimum Gasteiger partial charge on any atom is -0.495 e. The lowest BCUT2D eigenvalue weighted by Crippen LogP contribution is -2.12. The molecule has 0 fully saturated rings. The van der Waals surface area contributed by atoms with E-state index in [1.807, 2.05) is 38.1 Å². The number of ether oxygens (including phenoxy) is 3. The van der Waals surface area contributed by atoms with E-state index in [2.05, 4.69) is 4.98 Å². The molecule has 0 spiro atoms. The molecule has 0 radical (unpaired) electrons. The van der Waals surface area contributed by atoms with Crippen LogP contribution < -0.4 is 9.47 Å². The van der Waals surface area contributed by atoms with Crippen molar-refractivity contribution in [2.24, 2.45) is 0 Å². The van der Waals surface area contributed by atoms with Crippen LogP contribution in [0.15, 0.2) is 36.4 Å². The molecule has 1 heterocycles. The molecule has 0 N–H and O–H groups in total. The zero-order valence-electron chi connectivity index (χ0n) is 15.6. The fourth-order valence-corrected chi connectivity index (χ4v) is 3.26. The normalized spacial score (nSPS) is 10.7. The van der Waals surface area contributed by atoms with E-state index in [4.69, 9.17) is 25.8 Å². The molecule has 3 aromatic rings. The highest BCUT2D eigenvalue weighted by Crippen LogP contribution is 2.42. The van der Waals surface area contributed by atoms with Gasteiger partial charge in [0.2, 0.25) is 0 Å². The maximum Gasteiger partial charge on any atom is 0.513 e. The van der Waals surface area contributed by atoms with Gasteiger partial charge >= 0.3 is 6.16 Å². The van der Waals surface area contributed by atoms with Gasteiger partial charge in [0.05, 0.1) is 24.3 Å². The minimum atomic E-state index is -0.772. The van der Waals surface area contributed by atoms with Crippen LogP contribution in [0.1, 0.15) is 18.2 Å². The lowest BCUT2D eigenvalue weighted by molar-refractivity contribution is 0.105. The van der Waals surface area contributed by atoms with E-state index in [-0.39, 0.29) is 6.61 Å². The van der Waals surface area contributed by atoms with Crippen LogP contribution >= 0.6 is 11.6 Å². The number of carbonyl (C=O) groups excluding carboxylic acids is 1. The van der Waals surface area contributed by atoms with Gasteiger partial charge in [0.1, 0.15) is 5.75 Å². The van der Waals surface area contributed by atoms with Crippen molar-refractivity contribution in [1.82, 2.24) is 4.98 Å². The molecule has 2 aromatic carbocycles. The fourth-order valence-electron chi connectivity index (χ4n) is 3.02. The third-order valence-electron chi connectivity index (χ3n) is 4.25. The second kappa shape index (κ2) is 7.84. The summed E-state index contributed by atoms with van der Waals surface area (Å²) in [5.41, 5.74) is 4.03. The summed E-state index contributed by atoms with van der Waals surface area (Å²) in [6.07, 6.45) is -0.772. The number of nitrogens with zero attached hydrogens (tertiary/aromatic N) is 1. The number of methoxy groups -OCH3 is 1. The molecule has 0 aliphatic carbocycles. The molecule has 5 nitrogen and oxygen atoms in total. The number of aryl methyl sites for hydroxylation is 2. The minimum absolute atomic E-state index is 0.217. The Bertz CT molecular complexity index is 1020. The summed E-state index contributed by atoms with van der Waals surface area (Å²) in [5.74, 6) is 0.872. The highest BCUT2D eigenvalue weighted by Gasteiger charge is 2.21. The Kier molecular flexibility index (Phi) is 5.51. The number of halogens is 1. The fraction of sp³-hybridized carbons (Fsp3) is 0.238. The first-order valence-corrected chi connectivity index (χ1v) is 8.92. The van der Waals surface area contributed by atoms with Crippen molar-refractivity contribution in [2.75, 3.05) is 13.7 Å². The highest BCUT2D eigenvalue weighted by molar-refractivity contribution is 6.33. The molecule has 0 aliphatic heterocycles. The van der Waals surface area contributed by atoms with Gasteiger partial charge in [-0.2, -0.15) is 0 Å². The summed E-state index contributed by atoms with van der Waals surface area (Å²) in [6.45, 7) is 5.81. The number of benzene rings is 2. The Morgan fingerprint density at radius 3 is 2.59 bits per heavy atom. The molecule has 27 heavy (non-hydrogen) atoms. The number of hydrogen-bond donors (Lipinski definition) is 0. The SMILES string of the molecule is CCOC(=O)Oc1c(-c2ccccc2C)c(C)nc2cc(OC)c(Cl)cc12. The van der Waals surface area contributed by atoms with Crippen LogP contribution in [0.3, 0.4) is 0 Å². The third-order valence-corrected chi connectivity index (χ3v) is 4.55. The van der Waals surface area contributed by atoms with E-state index in [0.29, 0.717) is 27.4 Å². The quantitative estimate of drug-likeness (QED) is 0.538. The number of pyridine rings is 1. The molecule has 0 aliphatic rings. The van der Waals surface area contributed by atoms with Gasteiger partial charge in [0.25, 0.3) is 0 Å². The summed E-state index contributed by atoms with van der Waals surface area (Å²) < 4.78 is 15.9. The first-order chi connectivity index (χ1) is 13.0. The van der Waals surface area contributed by atoms with Crippen LogP contribution in [0.25, 0.3) is 22.0 Å². The molecule has 1 aromatic heterocycles. The van der Waals surface area contributed by atoms with Gasteiger partial charge in [-0.05, 0) is 38.0 Å². The van der Waals surface area contributed by atoms with Crippen molar-refractivity contribution < 1.29 is 19.0 Å². The molecule has 0 atom stereocenters. The van der Waals surface area contributed by atoms with Gasteiger partial charge in [0.15, 0.2) is 5.75 Å². The Morgan fingerprint density at radius 2 is 1.93 bits per heavy atom. The monoisotopic (exact) mass is 385 g/mol. The van der Waals surface area contributed by atoms with Gasteiger partial charge in [0, 0.05) is 22.7 Å². The lowest BCUT2D eigenvalue weighted by Gasteiger charge is -2.17. The zero-order valence-corrected chi connectivity index (χ0v) is 16.4. The van der Waals surface area contributed by atoms with Gasteiger partial charge < -0.3 is 14.2 Å². The van der Waals surface area contributed by atoms with Gasteiger partial charge in [-0.25, -0.2) is 4.79 Å².